The number of hydrogen-bond donors (Lipinski definition) is 3. The summed E-state index contributed by atoms with van der Waals surface area (Å²) in [5, 5.41) is 10.6. The van der Waals surface area contributed by atoms with Crippen molar-refractivity contribution in [1.82, 2.24) is 0 Å². The van der Waals surface area contributed by atoms with Crippen LogP contribution in [0.15, 0.2) is 0 Å². The minimum Gasteiger partial charge on any atom is -0.462 e. The molecule has 0 heterocycles. The molecule has 0 saturated heterocycles. The zero-order valence-electron chi connectivity index (χ0n) is 60.4. The van der Waals surface area contributed by atoms with Gasteiger partial charge in [0.2, 0.25) is 0 Å². The molecule has 5 atom stereocenters. The van der Waals surface area contributed by atoms with E-state index in [0.29, 0.717) is 25.7 Å². The molecule has 0 spiro atoms. The van der Waals surface area contributed by atoms with Gasteiger partial charge >= 0.3 is 39.5 Å². The van der Waals surface area contributed by atoms with Gasteiger partial charge in [0.05, 0.1) is 26.4 Å². The lowest BCUT2D eigenvalue weighted by molar-refractivity contribution is -0.161. The van der Waals surface area contributed by atoms with Gasteiger partial charge in [0.25, 0.3) is 0 Å². The van der Waals surface area contributed by atoms with Crippen LogP contribution in [0, 0.1) is 5.92 Å². The molecule has 3 N–H and O–H groups in total. The van der Waals surface area contributed by atoms with Crippen LogP contribution in [0.25, 0.3) is 0 Å². The molecule has 0 aromatic rings. The predicted molar refractivity (Wildman–Crippen MR) is 377 cm³/mol. The predicted octanol–water partition coefficient (Wildman–Crippen LogP) is 21.7. The molecular weight excluding hydrogens is 1220 g/mol. The second-order valence-electron chi connectivity index (χ2n) is 27.2. The Morgan fingerprint density at radius 2 is 0.495 bits per heavy atom. The largest absolute Gasteiger partial charge is 0.472 e. The maximum absolute atomic E-state index is 13.1. The summed E-state index contributed by atoms with van der Waals surface area (Å²) < 4.78 is 68.4. The summed E-state index contributed by atoms with van der Waals surface area (Å²) in [7, 11) is -9.90. The second-order valence-corrected chi connectivity index (χ2v) is 30.1. The molecule has 0 aliphatic rings. The molecule has 19 heteroatoms. The van der Waals surface area contributed by atoms with Gasteiger partial charge in [-0.15, -0.1) is 0 Å². The normalized spacial score (nSPS) is 14.0. The molecule has 17 nitrogen and oxygen atoms in total. The van der Waals surface area contributed by atoms with Crippen molar-refractivity contribution in [1.29, 1.82) is 0 Å². The number of hydrogen-bond acceptors (Lipinski definition) is 15. The van der Waals surface area contributed by atoms with Gasteiger partial charge in [0.1, 0.15) is 19.3 Å². The van der Waals surface area contributed by atoms with Gasteiger partial charge in [0, 0.05) is 25.7 Å². The zero-order chi connectivity index (χ0) is 68.4. The van der Waals surface area contributed by atoms with Crippen molar-refractivity contribution in [2.45, 2.75) is 406 Å². The van der Waals surface area contributed by atoms with Gasteiger partial charge in [-0.1, -0.05) is 336 Å². The summed E-state index contributed by atoms with van der Waals surface area (Å²) in [5.74, 6) is -1.36. The lowest BCUT2D eigenvalue weighted by Crippen LogP contribution is -2.30. The maximum Gasteiger partial charge on any atom is 0.472 e. The van der Waals surface area contributed by atoms with Crippen molar-refractivity contribution in [3.8, 4) is 0 Å². The van der Waals surface area contributed by atoms with Crippen LogP contribution in [0.5, 0.6) is 0 Å². The SMILES string of the molecule is CCCCCCCCCCCCCCCCCCCCCCC(=O)O[C@H](COC(=O)CCCCCCCCCCCCC(C)C)COP(=O)(O)OC[C@@H](O)COP(=O)(O)OC[C@@H](COC(=O)CCCCCCCCCCCC)OC(=O)CCCCCCCCCCCC. The number of ether oxygens (including phenoxy) is 4. The van der Waals surface area contributed by atoms with E-state index in [1.54, 1.807) is 0 Å². The molecule has 2 unspecified atom stereocenters. The Labute approximate surface area is 568 Å². The van der Waals surface area contributed by atoms with Gasteiger partial charge in [-0.25, -0.2) is 9.13 Å². The lowest BCUT2D eigenvalue weighted by atomic mass is 10.0. The summed E-state index contributed by atoms with van der Waals surface area (Å²) in [6.45, 7) is 7.25. The third-order valence-corrected chi connectivity index (χ3v) is 19.2. The molecule has 0 fully saturated rings. The van der Waals surface area contributed by atoms with Crippen LogP contribution >= 0.6 is 15.6 Å². The number of carbonyl (C=O) groups excluding carboxylic acids is 4. The first kappa shape index (κ1) is 91.1. The quantitative estimate of drug-likeness (QED) is 0.0222. The fourth-order valence-corrected chi connectivity index (χ4v) is 12.9. The maximum atomic E-state index is 13.1. The molecule has 0 bridgehead atoms. The highest BCUT2D eigenvalue weighted by molar-refractivity contribution is 7.47. The Balaban J connectivity index is 5.19. The molecule has 0 amide bonds. The molecule has 0 aromatic carbocycles. The van der Waals surface area contributed by atoms with Crippen LogP contribution in [-0.4, -0.2) is 96.7 Å². The van der Waals surface area contributed by atoms with E-state index < -0.39 is 97.5 Å². The van der Waals surface area contributed by atoms with Crippen LogP contribution < -0.4 is 0 Å². The molecule has 0 aliphatic carbocycles. The van der Waals surface area contributed by atoms with E-state index >= 15 is 0 Å². The Hall–Kier alpha value is -1.94. The summed E-state index contributed by atoms with van der Waals surface area (Å²) >= 11 is 0. The van der Waals surface area contributed by atoms with E-state index in [9.17, 15) is 43.2 Å². The second kappa shape index (κ2) is 67.3. The number of rotatable bonds is 74. The average molecular weight is 1370 g/mol. The van der Waals surface area contributed by atoms with Gasteiger partial charge in [0.15, 0.2) is 12.2 Å². The van der Waals surface area contributed by atoms with Crippen molar-refractivity contribution in [2.24, 2.45) is 5.92 Å². The number of unbranched alkanes of at least 4 members (excludes halogenated alkanes) is 46. The van der Waals surface area contributed by atoms with Crippen molar-refractivity contribution in [3.05, 3.63) is 0 Å². The molecular formula is C74H144O17P2. The van der Waals surface area contributed by atoms with Crippen LogP contribution in [0.2, 0.25) is 0 Å². The topological polar surface area (TPSA) is 237 Å². The van der Waals surface area contributed by atoms with Gasteiger partial charge in [-0.3, -0.25) is 37.3 Å². The zero-order valence-corrected chi connectivity index (χ0v) is 62.2. The molecule has 0 radical (unpaired) electrons. The number of carbonyl (C=O) groups is 4. The van der Waals surface area contributed by atoms with Crippen molar-refractivity contribution in [3.63, 3.8) is 0 Å². The van der Waals surface area contributed by atoms with Crippen molar-refractivity contribution >= 4 is 39.5 Å². The van der Waals surface area contributed by atoms with Crippen LogP contribution in [0.4, 0.5) is 0 Å². The molecule has 93 heavy (non-hydrogen) atoms. The fourth-order valence-electron chi connectivity index (χ4n) is 11.4. The van der Waals surface area contributed by atoms with E-state index in [4.69, 9.17) is 37.0 Å². The standard InChI is InChI=1S/C74H144O17P2/c1-6-9-12-15-18-21-24-25-26-27-28-29-30-31-32-33-40-45-50-55-60-74(79)91-70(64-85-72(77)58-53-48-43-39-35-34-36-41-46-51-56-67(4)5)66-89-93(82,83)87-62-68(75)61-86-92(80,81)88-65-69(90-73(78)59-54-49-44-38-23-20-17-14-11-8-3)63-84-71(76)57-52-47-42-37-22-19-16-13-10-7-2/h67-70,75H,6-66H2,1-5H3,(H,80,81)(H,82,83)/t68-,69+,70+/m0/s1. The minimum absolute atomic E-state index is 0.107. The number of phosphoric ester groups is 2. The summed E-state index contributed by atoms with van der Waals surface area (Å²) in [6, 6.07) is 0. The van der Waals surface area contributed by atoms with Crippen LogP contribution in [-0.2, 0) is 65.4 Å². The Morgan fingerprint density at radius 1 is 0.290 bits per heavy atom. The van der Waals surface area contributed by atoms with Gasteiger partial charge < -0.3 is 33.8 Å². The number of phosphoric acid groups is 2. The fraction of sp³-hybridized carbons (Fsp3) is 0.946. The Morgan fingerprint density at radius 3 is 0.731 bits per heavy atom. The number of esters is 4. The number of aliphatic hydroxyl groups is 1. The average Bonchev–Trinajstić information content (AvgIpc) is 3.73. The van der Waals surface area contributed by atoms with Crippen molar-refractivity contribution in [2.75, 3.05) is 39.6 Å². The summed E-state index contributed by atoms with van der Waals surface area (Å²) in [4.78, 5) is 72.6. The van der Waals surface area contributed by atoms with Crippen LogP contribution in [0.1, 0.15) is 388 Å². The lowest BCUT2D eigenvalue weighted by Gasteiger charge is -2.21. The van der Waals surface area contributed by atoms with Crippen molar-refractivity contribution < 1.29 is 80.2 Å². The van der Waals surface area contributed by atoms with E-state index in [-0.39, 0.29) is 25.7 Å². The Kier molecular flexibility index (Phi) is 65.9. The van der Waals surface area contributed by atoms with Crippen LogP contribution in [0.3, 0.4) is 0 Å². The van der Waals surface area contributed by atoms with E-state index in [1.165, 1.54) is 212 Å². The third-order valence-electron chi connectivity index (χ3n) is 17.3. The first-order valence-electron chi connectivity index (χ1n) is 38.6. The summed E-state index contributed by atoms with van der Waals surface area (Å²) in [5.41, 5.74) is 0. The molecule has 0 aromatic heterocycles. The third kappa shape index (κ3) is 68.4. The first-order chi connectivity index (χ1) is 45.0. The molecule has 0 saturated carbocycles. The minimum atomic E-state index is -4.95. The van der Waals surface area contributed by atoms with Gasteiger partial charge in [-0.05, 0) is 31.6 Å². The van der Waals surface area contributed by atoms with E-state index in [2.05, 4.69) is 34.6 Å². The van der Waals surface area contributed by atoms with E-state index in [0.717, 1.165) is 95.8 Å². The Bertz CT molecular complexity index is 1790. The molecule has 0 aliphatic heterocycles. The molecule has 0 rings (SSSR count). The molecule has 552 valence electrons. The van der Waals surface area contributed by atoms with Gasteiger partial charge in [-0.2, -0.15) is 0 Å². The summed E-state index contributed by atoms with van der Waals surface area (Å²) in [6.07, 6.45) is 55.5. The van der Waals surface area contributed by atoms with E-state index in [1.807, 2.05) is 0 Å². The highest BCUT2D eigenvalue weighted by Gasteiger charge is 2.30. The highest BCUT2D eigenvalue weighted by atomic mass is 31.2. The highest BCUT2D eigenvalue weighted by Crippen LogP contribution is 2.45. The first-order valence-corrected chi connectivity index (χ1v) is 41.6. The monoisotopic (exact) mass is 1370 g/mol. The number of aliphatic hydroxyl groups excluding tert-OH is 1. The smallest absolute Gasteiger partial charge is 0.462 e.